The zero-order chi connectivity index (χ0) is 34.2. The molecule has 0 aliphatic carbocycles. The predicted octanol–water partition coefficient (Wildman–Crippen LogP) is 11.4. The molecule has 0 saturated heterocycles. The molecule has 240 valence electrons. The van der Waals surface area contributed by atoms with Crippen LogP contribution in [-0.2, 0) is 0 Å². The molecule has 0 aliphatic heterocycles. The highest BCUT2D eigenvalue weighted by atomic mass is 32.1. The van der Waals surface area contributed by atoms with Crippen LogP contribution in [0.2, 0.25) is 0 Å². The number of aromatic nitrogens is 2. The molecule has 1 aromatic heterocycles. The van der Waals surface area contributed by atoms with Gasteiger partial charge in [0.05, 0.1) is 11.7 Å². The summed E-state index contributed by atoms with van der Waals surface area (Å²) >= 11 is 1.19. The first-order valence-electron chi connectivity index (χ1n) is 16.6. The number of para-hydroxylation sites is 4. The van der Waals surface area contributed by atoms with Gasteiger partial charge >= 0.3 is 0 Å². The first-order valence-corrected chi connectivity index (χ1v) is 17.3. The van der Waals surface area contributed by atoms with Crippen LogP contribution in [0.4, 0.5) is 34.1 Å². The van der Waals surface area contributed by atoms with E-state index >= 15 is 0 Å². The topological polar surface area (TPSA) is 32.3 Å². The molecule has 0 unspecified atom stereocenters. The maximum absolute atomic E-state index is 4.46. The normalized spacial score (nSPS) is 10.4. The summed E-state index contributed by atoms with van der Waals surface area (Å²) in [4.78, 5) is 4.48. The Balaban J connectivity index is 1.08. The largest absolute Gasteiger partial charge is 0.311 e. The molecule has 8 rings (SSSR count). The summed E-state index contributed by atoms with van der Waals surface area (Å²) in [6.07, 6.45) is 0. The van der Waals surface area contributed by atoms with Crippen molar-refractivity contribution in [2.75, 3.05) is 9.80 Å². The van der Waals surface area contributed by atoms with Gasteiger partial charge in [0, 0.05) is 56.4 Å². The Hall–Kier alpha value is -6.92. The van der Waals surface area contributed by atoms with E-state index in [9.17, 15) is 0 Å². The van der Waals surface area contributed by atoms with Gasteiger partial charge in [0.25, 0.3) is 0 Å². The Kier molecular flexibility index (Phi) is 9.03. The summed E-state index contributed by atoms with van der Waals surface area (Å²) in [6, 6.07) is 62.2. The fourth-order valence-electron chi connectivity index (χ4n) is 5.91. The van der Waals surface area contributed by atoms with Crippen LogP contribution in [0.1, 0.15) is 22.3 Å². The second-order valence-corrected chi connectivity index (χ2v) is 12.3. The van der Waals surface area contributed by atoms with E-state index in [1.165, 1.54) is 11.7 Å². The third-order valence-corrected chi connectivity index (χ3v) is 8.94. The van der Waals surface area contributed by atoms with Crippen molar-refractivity contribution in [3.05, 3.63) is 204 Å². The van der Waals surface area contributed by atoms with E-state index in [-0.39, 0.29) is 0 Å². The molecule has 8 aromatic rings. The number of hydrogen-bond donors (Lipinski definition) is 0. The number of nitrogens with zero attached hydrogens (tertiary/aromatic N) is 4. The second-order valence-electron chi connectivity index (χ2n) is 11.8. The Morgan fingerprint density at radius 3 is 0.941 bits per heavy atom. The minimum Gasteiger partial charge on any atom is -0.311 e. The fraction of sp³-hybridized carbons (Fsp3) is 0. The second kappa shape index (κ2) is 14.7. The number of benzene rings is 7. The summed E-state index contributed by atoms with van der Waals surface area (Å²) in [7, 11) is 0. The summed E-state index contributed by atoms with van der Waals surface area (Å²) in [5.41, 5.74) is 11.6. The van der Waals surface area contributed by atoms with Crippen LogP contribution in [0.15, 0.2) is 182 Å². The molecule has 51 heavy (non-hydrogen) atoms. The van der Waals surface area contributed by atoms with Crippen molar-refractivity contribution in [3.8, 4) is 23.7 Å². The van der Waals surface area contributed by atoms with Gasteiger partial charge in [0.1, 0.15) is 11.0 Å². The average Bonchev–Trinajstić information content (AvgIpc) is 3.66. The SMILES string of the molecule is C(#Cc1cc2nsnc2cc1C#Cc1ccc(N(c2ccccc2)c2ccccc2)cc1)c1ccc(N(c2ccccc2)c2ccccc2)cc1. The van der Waals surface area contributed by atoms with Crippen molar-refractivity contribution < 1.29 is 0 Å². The van der Waals surface area contributed by atoms with Crippen molar-refractivity contribution in [2.45, 2.75) is 0 Å². The highest BCUT2D eigenvalue weighted by molar-refractivity contribution is 7.00. The number of hydrogen-bond acceptors (Lipinski definition) is 5. The molecule has 0 spiro atoms. The summed E-state index contributed by atoms with van der Waals surface area (Å²) in [5, 5.41) is 0. The standard InChI is InChI=1S/C46H30N4S/c1-5-13-39(14-6-1)49(40-15-7-2-8-16-40)43-29-23-35(24-30-43)21-27-37-33-45-46(48-51-47-45)34-38(37)28-22-36-25-31-44(32-26-36)50(41-17-9-3-10-18-41)42-19-11-4-12-20-42/h1-20,23-26,29-34H. The highest BCUT2D eigenvalue weighted by Crippen LogP contribution is 2.35. The number of fused-ring (bicyclic) bond motifs is 1. The van der Waals surface area contributed by atoms with Crippen molar-refractivity contribution >= 4 is 56.9 Å². The maximum atomic E-state index is 4.46. The molecule has 1 heterocycles. The van der Waals surface area contributed by atoms with Gasteiger partial charge in [-0.1, -0.05) is 96.5 Å². The van der Waals surface area contributed by atoms with Gasteiger partial charge in [-0.05, 0) is 109 Å². The van der Waals surface area contributed by atoms with E-state index in [0.717, 1.165) is 67.4 Å². The van der Waals surface area contributed by atoms with Crippen LogP contribution in [0.25, 0.3) is 11.0 Å². The van der Waals surface area contributed by atoms with Gasteiger partial charge in [0.2, 0.25) is 0 Å². The Bertz CT molecular complexity index is 2250. The third kappa shape index (κ3) is 7.12. The molecule has 0 atom stereocenters. The lowest BCUT2D eigenvalue weighted by Crippen LogP contribution is -2.09. The zero-order valence-corrected chi connectivity index (χ0v) is 28.3. The molecular weight excluding hydrogens is 641 g/mol. The minimum atomic E-state index is 0.817. The summed E-state index contributed by atoms with van der Waals surface area (Å²) in [6.45, 7) is 0. The Labute approximate surface area is 302 Å². The maximum Gasteiger partial charge on any atom is 0.106 e. The van der Waals surface area contributed by atoms with E-state index < -0.39 is 0 Å². The lowest BCUT2D eigenvalue weighted by molar-refractivity contribution is 1.28. The van der Waals surface area contributed by atoms with Gasteiger partial charge < -0.3 is 9.80 Å². The van der Waals surface area contributed by atoms with E-state index in [4.69, 9.17) is 0 Å². The van der Waals surface area contributed by atoms with E-state index in [2.05, 4.69) is 188 Å². The van der Waals surface area contributed by atoms with E-state index in [1.807, 2.05) is 36.4 Å². The molecule has 4 nitrogen and oxygen atoms in total. The molecule has 0 radical (unpaired) electrons. The average molecular weight is 671 g/mol. The van der Waals surface area contributed by atoms with Crippen molar-refractivity contribution in [3.63, 3.8) is 0 Å². The van der Waals surface area contributed by atoms with Crippen LogP contribution >= 0.6 is 11.7 Å². The van der Waals surface area contributed by atoms with Crippen molar-refractivity contribution in [2.24, 2.45) is 0 Å². The smallest absolute Gasteiger partial charge is 0.106 e. The summed E-state index contributed by atoms with van der Waals surface area (Å²) in [5.74, 6) is 13.5. The monoisotopic (exact) mass is 670 g/mol. The van der Waals surface area contributed by atoms with Crippen LogP contribution in [0.3, 0.4) is 0 Å². The quantitative estimate of drug-likeness (QED) is 0.165. The van der Waals surface area contributed by atoms with Crippen LogP contribution in [0, 0.1) is 23.7 Å². The van der Waals surface area contributed by atoms with Crippen LogP contribution < -0.4 is 9.80 Å². The summed E-state index contributed by atoms with van der Waals surface area (Å²) < 4.78 is 8.93. The van der Waals surface area contributed by atoms with Crippen molar-refractivity contribution in [1.29, 1.82) is 0 Å². The van der Waals surface area contributed by atoms with Gasteiger partial charge in [0.15, 0.2) is 0 Å². The number of anilines is 6. The van der Waals surface area contributed by atoms with Gasteiger partial charge in [-0.2, -0.15) is 8.75 Å². The highest BCUT2D eigenvalue weighted by Gasteiger charge is 2.13. The first kappa shape index (κ1) is 31.4. The molecule has 0 amide bonds. The van der Waals surface area contributed by atoms with Crippen LogP contribution in [-0.4, -0.2) is 8.75 Å². The van der Waals surface area contributed by atoms with Crippen molar-refractivity contribution in [1.82, 2.24) is 8.75 Å². The Morgan fingerprint density at radius 1 is 0.333 bits per heavy atom. The molecule has 0 N–H and O–H groups in total. The molecule has 5 heteroatoms. The van der Waals surface area contributed by atoms with Crippen LogP contribution in [0.5, 0.6) is 0 Å². The number of rotatable bonds is 6. The van der Waals surface area contributed by atoms with Gasteiger partial charge in [-0.3, -0.25) is 0 Å². The fourth-order valence-corrected chi connectivity index (χ4v) is 6.42. The van der Waals surface area contributed by atoms with Gasteiger partial charge in [-0.15, -0.1) is 0 Å². The molecule has 7 aromatic carbocycles. The third-order valence-electron chi connectivity index (χ3n) is 8.38. The molecular formula is C46H30N4S. The molecule has 0 fully saturated rings. The lowest BCUT2D eigenvalue weighted by Gasteiger charge is -2.25. The van der Waals surface area contributed by atoms with E-state index in [1.54, 1.807) is 0 Å². The first-order chi connectivity index (χ1) is 25.3. The van der Waals surface area contributed by atoms with E-state index in [0.29, 0.717) is 0 Å². The minimum absolute atomic E-state index is 0.817. The lowest BCUT2D eigenvalue weighted by atomic mass is 10.1. The predicted molar refractivity (Wildman–Crippen MR) is 212 cm³/mol. The zero-order valence-electron chi connectivity index (χ0n) is 27.5. The molecule has 0 saturated carbocycles. The molecule has 0 bridgehead atoms. The van der Waals surface area contributed by atoms with Gasteiger partial charge in [-0.25, -0.2) is 0 Å². The Morgan fingerprint density at radius 2 is 0.627 bits per heavy atom. The molecule has 0 aliphatic rings.